The lowest BCUT2D eigenvalue weighted by atomic mass is 10.2. The zero-order valence-electron chi connectivity index (χ0n) is 17.5. The normalized spacial score (nSPS) is 15.6. The summed E-state index contributed by atoms with van der Waals surface area (Å²) in [4.78, 5) is 33.7. The van der Waals surface area contributed by atoms with Gasteiger partial charge in [0.2, 0.25) is 18.5 Å². The van der Waals surface area contributed by atoms with Crippen LogP contribution in [0.5, 0.6) is 0 Å². The lowest BCUT2D eigenvalue weighted by Crippen LogP contribution is -2.30. The van der Waals surface area contributed by atoms with E-state index in [0.717, 1.165) is 0 Å². The Balaban J connectivity index is 5.46. The third-order valence-electron chi connectivity index (χ3n) is 3.35. The van der Waals surface area contributed by atoms with Gasteiger partial charge in [0.25, 0.3) is 0 Å². The minimum atomic E-state index is -3.94. The van der Waals surface area contributed by atoms with Crippen molar-refractivity contribution in [3.05, 3.63) is 0 Å². The summed E-state index contributed by atoms with van der Waals surface area (Å²) in [6.07, 6.45) is -2.42. The predicted octanol–water partition coefficient (Wildman–Crippen LogP) is 2.93. The average Bonchev–Trinajstić information content (AvgIpc) is 2.52. The molecular formula is C17H32NO9P. The molecule has 0 aliphatic rings. The maximum atomic E-state index is 13.3. The lowest BCUT2D eigenvalue weighted by molar-refractivity contribution is -0.176. The summed E-state index contributed by atoms with van der Waals surface area (Å²) >= 11 is 0. The fourth-order valence-electron chi connectivity index (χ4n) is 1.90. The van der Waals surface area contributed by atoms with Gasteiger partial charge in [0, 0.05) is 39.2 Å². The monoisotopic (exact) mass is 425 g/mol. The van der Waals surface area contributed by atoms with Crippen LogP contribution in [0.1, 0.15) is 54.9 Å². The molecule has 11 heteroatoms. The molecule has 0 saturated carbocycles. The van der Waals surface area contributed by atoms with E-state index in [2.05, 4.69) is 0 Å². The van der Waals surface area contributed by atoms with Crippen molar-refractivity contribution in [3.63, 3.8) is 0 Å². The summed E-state index contributed by atoms with van der Waals surface area (Å²) in [7, 11) is -3.94. The number of hydrogen-bond donors (Lipinski definition) is 1. The summed E-state index contributed by atoms with van der Waals surface area (Å²) < 4.78 is 34.5. The number of carbonyl (C=O) groups is 3. The fraction of sp³-hybridized carbons (Fsp3) is 0.824. The van der Waals surface area contributed by atoms with E-state index in [0.29, 0.717) is 5.06 Å². The molecular weight excluding hydrogens is 393 g/mol. The van der Waals surface area contributed by atoms with E-state index in [-0.39, 0.29) is 31.0 Å². The van der Waals surface area contributed by atoms with E-state index in [1.165, 1.54) is 20.8 Å². The van der Waals surface area contributed by atoms with Crippen molar-refractivity contribution in [2.24, 2.45) is 11.8 Å². The molecule has 2 unspecified atom stereocenters. The first-order chi connectivity index (χ1) is 12.8. The summed E-state index contributed by atoms with van der Waals surface area (Å²) in [6, 6.07) is 0. The molecule has 164 valence electrons. The zero-order valence-corrected chi connectivity index (χ0v) is 18.4. The van der Waals surface area contributed by atoms with Crippen molar-refractivity contribution >= 4 is 25.4 Å². The van der Waals surface area contributed by atoms with Crippen molar-refractivity contribution in [2.75, 3.05) is 12.7 Å². The van der Waals surface area contributed by atoms with Crippen LogP contribution in [-0.4, -0.2) is 53.4 Å². The Labute approximate surface area is 165 Å². The highest BCUT2D eigenvalue weighted by Gasteiger charge is 2.36. The highest BCUT2D eigenvalue weighted by molar-refractivity contribution is 7.53. The van der Waals surface area contributed by atoms with E-state index in [4.69, 9.17) is 18.5 Å². The molecule has 2 atom stereocenters. The minimum absolute atomic E-state index is 0.0726. The van der Waals surface area contributed by atoms with Gasteiger partial charge in [0.15, 0.2) is 0 Å². The smallest absolute Gasteiger partial charge is 0.336 e. The van der Waals surface area contributed by atoms with Gasteiger partial charge in [-0.25, -0.2) is 5.06 Å². The van der Waals surface area contributed by atoms with Crippen LogP contribution in [-0.2, 0) is 37.5 Å². The third kappa shape index (κ3) is 10.8. The Kier molecular flexibility index (Phi) is 11.5. The van der Waals surface area contributed by atoms with Crippen LogP contribution < -0.4 is 0 Å². The maximum absolute atomic E-state index is 13.3. The van der Waals surface area contributed by atoms with E-state index in [9.17, 15) is 24.2 Å². The zero-order chi connectivity index (χ0) is 22.1. The molecule has 0 aromatic heterocycles. The molecule has 0 fully saturated rings. The van der Waals surface area contributed by atoms with E-state index < -0.39 is 38.0 Å². The molecule has 1 N–H and O–H groups in total. The van der Waals surface area contributed by atoms with Crippen molar-refractivity contribution < 1.29 is 42.7 Å². The Morgan fingerprint density at radius 2 is 1.29 bits per heavy atom. The van der Waals surface area contributed by atoms with Gasteiger partial charge in [-0.3, -0.25) is 33.2 Å². The molecule has 0 aromatic rings. The number of amides is 1. The predicted molar refractivity (Wildman–Crippen MR) is 99.2 cm³/mol. The number of hydroxylamine groups is 2. The largest absolute Gasteiger partial charge is 0.435 e. The van der Waals surface area contributed by atoms with Crippen molar-refractivity contribution in [1.82, 2.24) is 5.06 Å². The van der Waals surface area contributed by atoms with E-state index >= 15 is 0 Å². The van der Waals surface area contributed by atoms with E-state index in [1.807, 2.05) is 0 Å². The molecule has 0 aliphatic carbocycles. The topological polar surface area (TPSA) is 129 Å². The van der Waals surface area contributed by atoms with Gasteiger partial charge in [0.1, 0.15) is 0 Å². The Morgan fingerprint density at radius 1 is 0.893 bits per heavy atom. The van der Waals surface area contributed by atoms with Gasteiger partial charge >= 0.3 is 19.5 Å². The van der Waals surface area contributed by atoms with Gasteiger partial charge in [-0.05, 0) is 6.42 Å². The van der Waals surface area contributed by atoms with Crippen LogP contribution in [0, 0.1) is 11.8 Å². The lowest BCUT2D eigenvalue weighted by Gasteiger charge is -2.30. The summed E-state index contributed by atoms with van der Waals surface area (Å²) in [5.41, 5.74) is 0. The highest BCUT2D eigenvalue weighted by Crippen LogP contribution is 2.52. The summed E-state index contributed by atoms with van der Waals surface area (Å²) in [6.45, 7) is 10.3. The van der Waals surface area contributed by atoms with Crippen LogP contribution in [0.15, 0.2) is 0 Å². The maximum Gasteiger partial charge on any atom is 0.336 e. The summed E-state index contributed by atoms with van der Waals surface area (Å²) in [5, 5.41) is 9.95. The quantitative estimate of drug-likeness (QED) is 0.165. The first-order valence-corrected chi connectivity index (χ1v) is 10.8. The minimum Gasteiger partial charge on any atom is -0.435 e. The van der Waals surface area contributed by atoms with Crippen LogP contribution in [0.25, 0.3) is 0 Å². The number of esters is 2. The number of nitrogens with zero attached hydrogens (tertiary/aromatic N) is 1. The second-order valence-electron chi connectivity index (χ2n) is 6.98. The molecule has 0 heterocycles. The molecule has 0 rings (SSSR count). The SMILES string of the molecule is CC(=O)OC(OP(=O)(CCCN(O)C(C)=O)OC(OC(C)=O)C(C)C)C(C)C. The van der Waals surface area contributed by atoms with Crippen molar-refractivity contribution in [3.8, 4) is 0 Å². The van der Waals surface area contributed by atoms with Crippen molar-refractivity contribution in [2.45, 2.75) is 67.5 Å². The highest BCUT2D eigenvalue weighted by atomic mass is 31.2. The second-order valence-corrected chi connectivity index (χ2v) is 9.08. The Hall–Kier alpha value is -1.48. The average molecular weight is 425 g/mol. The molecule has 0 radical (unpaired) electrons. The Morgan fingerprint density at radius 3 is 1.57 bits per heavy atom. The van der Waals surface area contributed by atoms with Gasteiger partial charge < -0.3 is 9.47 Å². The van der Waals surface area contributed by atoms with Gasteiger partial charge in [0.05, 0.1) is 6.16 Å². The summed E-state index contributed by atoms with van der Waals surface area (Å²) in [5.74, 6) is -2.48. The van der Waals surface area contributed by atoms with Gasteiger partial charge in [-0.1, -0.05) is 27.7 Å². The van der Waals surface area contributed by atoms with Crippen molar-refractivity contribution in [1.29, 1.82) is 0 Å². The number of carbonyl (C=O) groups excluding carboxylic acids is 3. The van der Waals surface area contributed by atoms with Gasteiger partial charge in [-0.2, -0.15) is 0 Å². The number of ether oxygens (including phenoxy) is 2. The molecule has 28 heavy (non-hydrogen) atoms. The molecule has 0 aromatic carbocycles. The molecule has 0 spiro atoms. The van der Waals surface area contributed by atoms with Crippen LogP contribution in [0.4, 0.5) is 0 Å². The first-order valence-electron chi connectivity index (χ1n) is 9.04. The molecule has 0 aliphatic heterocycles. The molecule has 0 bridgehead atoms. The van der Waals surface area contributed by atoms with Crippen LogP contribution in [0.2, 0.25) is 0 Å². The standard InChI is InChI=1S/C17H32NO9P/c1-11(2)16(24-14(6)20)26-28(23,10-8-9-18(22)13(5)19)27-17(12(3)4)25-15(7)21/h11-12,16-17,22H,8-10H2,1-7H3. The molecule has 1 amide bonds. The number of rotatable bonds is 12. The third-order valence-corrected chi connectivity index (χ3v) is 5.27. The van der Waals surface area contributed by atoms with E-state index in [1.54, 1.807) is 27.7 Å². The molecule has 0 saturated heterocycles. The molecule has 10 nitrogen and oxygen atoms in total. The number of hydrogen-bond acceptors (Lipinski definition) is 9. The van der Waals surface area contributed by atoms with Gasteiger partial charge in [-0.15, -0.1) is 0 Å². The fourth-order valence-corrected chi connectivity index (χ4v) is 3.90. The van der Waals surface area contributed by atoms with Crippen LogP contribution in [0.3, 0.4) is 0 Å². The Bertz CT molecular complexity index is 545. The first kappa shape index (κ1) is 26.5. The second kappa shape index (κ2) is 12.2. The van der Waals surface area contributed by atoms with Crippen LogP contribution >= 0.6 is 7.60 Å².